The summed E-state index contributed by atoms with van der Waals surface area (Å²) in [6.07, 6.45) is 5.27. The van der Waals surface area contributed by atoms with Gasteiger partial charge in [0.05, 0.1) is 11.6 Å². The van der Waals surface area contributed by atoms with E-state index in [4.69, 9.17) is 0 Å². The summed E-state index contributed by atoms with van der Waals surface area (Å²) in [5, 5.41) is 14.5. The number of ketones is 1. The van der Waals surface area contributed by atoms with Gasteiger partial charge in [0.1, 0.15) is 17.3 Å². The number of aliphatic hydroxyl groups is 1. The zero-order valence-corrected chi connectivity index (χ0v) is 15.4. The average molecular weight is 384 g/mol. The third kappa shape index (κ3) is 3.69. The highest BCUT2D eigenvalue weighted by molar-refractivity contribution is 5.96. The van der Waals surface area contributed by atoms with Crippen LogP contribution in [0.25, 0.3) is 5.52 Å². The zero-order valence-electron chi connectivity index (χ0n) is 15.4. The third-order valence-corrected chi connectivity index (χ3v) is 5.62. The van der Waals surface area contributed by atoms with Crippen molar-refractivity contribution in [3.63, 3.8) is 0 Å². The van der Waals surface area contributed by atoms with Crippen molar-refractivity contribution in [2.24, 2.45) is 5.92 Å². The number of hydrogen-bond acceptors (Lipinski definition) is 3. The van der Waals surface area contributed by atoms with E-state index in [2.05, 4.69) is 5.10 Å². The lowest BCUT2D eigenvalue weighted by Crippen LogP contribution is -2.27. The molecule has 28 heavy (non-hydrogen) atoms. The van der Waals surface area contributed by atoms with Gasteiger partial charge in [-0.1, -0.05) is 18.9 Å². The molecule has 1 aliphatic rings. The lowest BCUT2D eigenvalue weighted by Gasteiger charge is -2.26. The number of rotatable bonds is 5. The quantitative estimate of drug-likeness (QED) is 0.667. The van der Waals surface area contributed by atoms with Crippen LogP contribution in [0.5, 0.6) is 0 Å². The summed E-state index contributed by atoms with van der Waals surface area (Å²) in [6.45, 7) is 0. The van der Waals surface area contributed by atoms with Crippen molar-refractivity contribution in [2.45, 2.75) is 44.6 Å². The molecule has 0 spiro atoms. The highest BCUT2D eigenvalue weighted by Crippen LogP contribution is 2.29. The summed E-state index contributed by atoms with van der Waals surface area (Å²) in [7, 11) is 0. The average Bonchev–Trinajstić information content (AvgIpc) is 3.05. The number of halogens is 2. The Morgan fingerprint density at radius 2 is 1.96 bits per heavy atom. The van der Waals surface area contributed by atoms with Crippen LogP contribution in [0.2, 0.25) is 0 Å². The number of carbonyl (C=O) groups excluding carboxylic acids is 1. The molecule has 2 heterocycles. The molecule has 1 N–H and O–H groups in total. The highest BCUT2D eigenvalue weighted by Gasteiger charge is 2.27. The van der Waals surface area contributed by atoms with Crippen LogP contribution >= 0.6 is 0 Å². The number of nitrogens with zero attached hydrogens (tertiary/aromatic N) is 2. The van der Waals surface area contributed by atoms with Gasteiger partial charge >= 0.3 is 0 Å². The molecule has 2 atom stereocenters. The fourth-order valence-corrected chi connectivity index (χ4v) is 4.09. The number of aliphatic hydroxyl groups excluding tert-OH is 1. The number of hydrogen-bond donors (Lipinski definition) is 1. The summed E-state index contributed by atoms with van der Waals surface area (Å²) in [4.78, 5) is 13.0. The molecule has 1 aliphatic carbocycles. The molecule has 0 amide bonds. The van der Waals surface area contributed by atoms with Crippen molar-refractivity contribution in [3.8, 4) is 0 Å². The van der Waals surface area contributed by atoms with Gasteiger partial charge in [0, 0.05) is 25.1 Å². The van der Waals surface area contributed by atoms with E-state index in [1.807, 2.05) is 6.07 Å². The van der Waals surface area contributed by atoms with Gasteiger partial charge in [-0.05, 0) is 54.2 Å². The highest BCUT2D eigenvalue weighted by atomic mass is 19.1. The Hall–Kier alpha value is -2.60. The first-order valence-electron chi connectivity index (χ1n) is 9.64. The fourth-order valence-electron chi connectivity index (χ4n) is 4.09. The van der Waals surface area contributed by atoms with Crippen molar-refractivity contribution in [1.29, 1.82) is 0 Å². The second kappa shape index (κ2) is 7.80. The molecule has 0 aliphatic heterocycles. The van der Waals surface area contributed by atoms with Crippen molar-refractivity contribution in [2.75, 3.05) is 0 Å². The van der Waals surface area contributed by atoms with E-state index in [9.17, 15) is 18.7 Å². The first-order chi connectivity index (χ1) is 13.5. The Balaban J connectivity index is 1.65. The molecule has 0 bridgehead atoms. The molecular formula is C22H22F2N2O2. The van der Waals surface area contributed by atoms with Gasteiger partial charge in [0.15, 0.2) is 5.78 Å². The Morgan fingerprint density at radius 3 is 2.75 bits per heavy atom. The van der Waals surface area contributed by atoms with Gasteiger partial charge < -0.3 is 5.11 Å². The molecule has 1 fully saturated rings. The molecule has 6 heteroatoms. The molecule has 0 saturated heterocycles. The van der Waals surface area contributed by atoms with Gasteiger partial charge in [-0.15, -0.1) is 0 Å². The van der Waals surface area contributed by atoms with E-state index in [1.165, 1.54) is 12.1 Å². The minimum Gasteiger partial charge on any atom is -0.393 e. The summed E-state index contributed by atoms with van der Waals surface area (Å²) in [5.74, 6) is -1.34. The second-order valence-electron chi connectivity index (χ2n) is 7.53. The Bertz CT molecular complexity index is 1010. The SMILES string of the molecule is O=C(C[C@H]1CCCC[C@@H]1O)c1cc(Cc2ccc(F)cc2F)c2cccnn12. The van der Waals surface area contributed by atoms with E-state index < -0.39 is 17.7 Å². The molecule has 0 radical (unpaired) electrons. The van der Waals surface area contributed by atoms with E-state index >= 15 is 0 Å². The van der Waals surface area contributed by atoms with E-state index in [0.29, 0.717) is 11.3 Å². The Labute approximate surface area is 161 Å². The van der Waals surface area contributed by atoms with Gasteiger partial charge in [-0.2, -0.15) is 5.10 Å². The van der Waals surface area contributed by atoms with Crippen LogP contribution in [0.15, 0.2) is 42.6 Å². The molecular weight excluding hydrogens is 362 g/mol. The summed E-state index contributed by atoms with van der Waals surface area (Å²) in [5.41, 5.74) is 2.27. The van der Waals surface area contributed by atoms with Crippen molar-refractivity contribution >= 4 is 11.3 Å². The molecule has 3 aromatic rings. The van der Waals surface area contributed by atoms with Crippen molar-refractivity contribution in [1.82, 2.24) is 9.61 Å². The van der Waals surface area contributed by atoms with Crippen LogP contribution in [0.3, 0.4) is 0 Å². The second-order valence-corrected chi connectivity index (χ2v) is 7.53. The number of carbonyl (C=O) groups is 1. The van der Waals surface area contributed by atoms with E-state index in [-0.39, 0.29) is 24.5 Å². The largest absolute Gasteiger partial charge is 0.393 e. The predicted molar refractivity (Wildman–Crippen MR) is 101 cm³/mol. The van der Waals surface area contributed by atoms with Gasteiger partial charge in [-0.25, -0.2) is 13.3 Å². The van der Waals surface area contributed by atoms with Gasteiger partial charge in [-0.3, -0.25) is 4.79 Å². The molecule has 0 unspecified atom stereocenters. The van der Waals surface area contributed by atoms with Crippen molar-refractivity contribution < 1.29 is 18.7 Å². The van der Waals surface area contributed by atoms with Gasteiger partial charge in [0.2, 0.25) is 0 Å². The summed E-state index contributed by atoms with van der Waals surface area (Å²) < 4.78 is 28.9. The van der Waals surface area contributed by atoms with Gasteiger partial charge in [0.25, 0.3) is 0 Å². The minimum absolute atomic E-state index is 0.0338. The molecule has 2 aromatic heterocycles. The monoisotopic (exact) mass is 384 g/mol. The number of benzene rings is 1. The standard InChI is InChI=1S/C22H22F2N2O2/c23-17-8-7-14(18(24)13-17)10-16-11-20(26-19(16)5-3-9-25-26)22(28)12-15-4-1-2-6-21(15)27/h3,5,7-9,11,13,15,21,27H,1-2,4,6,10,12H2/t15-,21+/m1/s1. The smallest absolute Gasteiger partial charge is 0.181 e. The fraction of sp³-hybridized carbons (Fsp3) is 0.364. The van der Waals surface area contributed by atoms with Crippen LogP contribution in [-0.4, -0.2) is 26.6 Å². The maximum atomic E-state index is 14.1. The molecule has 146 valence electrons. The van der Waals surface area contributed by atoms with Crippen LogP contribution in [0, 0.1) is 17.6 Å². The van der Waals surface area contributed by atoms with E-state index in [0.717, 1.165) is 42.8 Å². The predicted octanol–water partition coefficient (Wildman–Crippen LogP) is 4.33. The molecule has 1 saturated carbocycles. The summed E-state index contributed by atoms with van der Waals surface area (Å²) >= 11 is 0. The number of Topliss-reactive ketones (excluding diaryl/α,β-unsaturated/α-hetero) is 1. The number of fused-ring (bicyclic) bond motifs is 1. The summed E-state index contributed by atoms with van der Waals surface area (Å²) in [6, 6.07) is 8.84. The van der Waals surface area contributed by atoms with Crippen LogP contribution in [0.4, 0.5) is 8.78 Å². The first-order valence-corrected chi connectivity index (χ1v) is 9.64. The lowest BCUT2D eigenvalue weighted by atomic mass is 9.83. The van der Waals surface area contributed by atoms with E-state index in [1.54, 1.807) is 22.8 Å². The van der Waals surface area contributed by atoms with Crippen LogP contribution in [0.1, 0.15) is 53.7 Å². The topological polar surface area (TPSA) is 54.6 Å². The van der Waals surface area contributed by atoms with Crippen molar-refractivity contribution in [3.05, 3.63) is 71.1 Å². The Morgan fingerprint density at radius 1 is 1.14 bits per heavy atom. The zero-order chi connectivity index (χ0) is 19.7. The molecule has 4 nitrogen and oxygen atoms in total. The molecule has 4 rings (SSSR count). The third-order valence-electron chi connectivity index (χ3n) is 5.62. The van der Waals surface area contributed by atoms with Crippen LogP contribution in [-0.2, 0) is 6.42 Å². The minimum atomic E-state index is -0.619. The number of aromatic nitrogens is 2. The normalized spacial score (nSPS) is 19.8. The maximum absolute atomic E-state index is 14.1. The lowest BCUT2D eigenvalue weighted by molar-refractivity contribution is 0.0580. The first kappa shape index (κ1) is 18.7. The Kier molecular flexibility index (Phi) is 5.22. The van der Waals surface area contributed by atoms with Crippen LogP contribution < -0.4 is 0 Å². The molecule has 1 aromatic carbocycles. The maximum Gasteiger partial charge on any atom is 0.181 e.